The van der Waals surface area contributed by atoms with Crippen molar-refractivity contribution in [3.63, 3.8) is 0 Å². The monoisotopic (exact) mass is 299 g/mol. The van der Waals surface area contributed by atoms with Crippen molar-refractivity contribution in [2.45, 2.75) is 44.3 Å². The van der Waals surface area contributed by atoms with Crippen molar-refractivity contribution in [3.05, 3.63) is 0 Å². The van der Waals surface area contributed by atoms with Gasteiger partial charge in [0.05, 0.1) is 6.04 Å². The van der Waals surface area contributed by atoms with Gasteiger partial charge in [-0.05, 0) is 49.3 Å². The second-order valence-corrected chi connectivity index (χ2v) is 6.04. The number of aromatic nitrogens is 4. The quantitative estimate of drug-likeness (QED) is 0.539. The van der Waals surface area contributed by atoms with Gasteiger partial charge in [-0.1, -0.05) is 25.6 Å². The van der Waals surface area contributed by atoms with Gasteiger partial charge in [0.2, 0.25) is 5.16 Å². The molecular weight excluding hydrogens is 274 g/mol. The minimum Gasteiger partial charge on any atom is -0.381 e. The van der Waals surface area contributed by atoms with Crippen LogP contribution in [0.3, 0.4) is 0 Å². The van der Waals surface area contributed by atoms with Crippen molar-refractivity contribution in [2.24, 2.45) is 0 Å². The molecule has 1 saturated heterocycles. The minimum absolute atomic E-state index is 0.407. The van der Waals surface area contributed by atoms with E-state index in [2.05, 4.69) is 34.3 Å². The van der Waals surface area contributed by atoms with Crippen LogP contribution in [0, 0.1) is 0 Å². The molecule has 0 N–H and O–H groups in total. The first-order valence-electron chi connectivity index (χ1n) is 7.55. The molecule has 0 saturated carbocycles. The van der Waals surface area contributed by atoms with E-state index in [-0.39, 0.29) is 0 Å². The molecule has 7 heteroatoms. The van der Waals surface area contributed by atoms with Gasteiger partial charge < -0.3 is 9.64 Å². The first kappa shape index (κ1) is 15.7. The lowest BCUT2D eigenvalue weighted by molar-refractivity contribution is 0.0631. The number of hydrogen-bond acceptors (Lipinski definition) is 6. The summed E-state index contributed by atoms with van der Waals surface area (Å²) in [6.07, 6.45) is 3.20. The predicted octanol–water partition coefficient (Wildman–Crippen LogP) is 1.85. The van der Waals surface area contributed by atoms with Crippen molar-refractivity contribution in [1.29, 1.82) is 0 Å². The molecule has 0 spiro atoms. The molecule has 1 aliphatic rings. The number of thioether (sulfide) groups is 1. The third-order valence-electron chi connectivity index (χ3n) is 3.74. The van der Waals surface area contributed by atoms with Crippen LogP contribution in [0.1, 0.15) is 39.2 Å². The van der Waals surface area contributed by atoms with Crippen LogP contribution in [0.25, 0.3) is 0 Å². The third kappa shape index (κ3) is 4.43. The first-order chi connectivity index (χ1) is 9.85. The molecule has 2 rings (SSSR count). The lowest BCUT2D eigenvalue weighted by Crippen LogP contribution is -2.24. The Kier molecular flexibility index (Phi) is 6.75. The van der Waals surface area contributed by atoms with Gasteiger partial charge in [-0.3, -0.25) is 0 Å². The average molecular weight is 299 g/mol. The SMILES string of the molecule is CCN(CC)CCCSc1nnnn1C1CCOCC1. The summed E-state index contributed by atoms with van der Waals surface area (Å²) in [5.41, 5.74) is 0. The summed E-state index contributed by atoms with van der Waals surface area (Å²) < 4.78 is 7.38. The van der Waals surface area contributed by atoms with E-state index in [0.29, 0.717) is 6.04 Å². The van der Waals surface area contributed by atoms with Crippen molar-refractivity contribution in [1.82, 2.24) is 25.1 Å². The lowest BCUT2D eigenvalue weighted by atomic mass is 10.1. The minimum atomic E-state index is 0.407. The molecule has 0 aliphatic carbocycles. The number of tetrazole rings is 1. The van der Waals surface area contributed by atoms with E-state index >= 15 is 0 Å². The van der Waals surface area contributed by atoms with Crippen LogP contribution < -0.4 is 0 Å². The zero-order chi connectivity index (χ0) is 14.2. The fourth-order valence-corrected chi connectivity index (χ4v) is 3.30. The Bertz CT molecular complexity index is 377. The highest BCUT2D eigenvalue weighted by Gasteiger charge is 2.20. The Morgan fingerprint density at radius 1 is 1.30 bits per heavy atom. The van der Waals surface area contributed by atoms with Crippen LogP contribution in [0.2, 0.25) is 0 Å². The molecule has 114 valence electrons. The first-order valence-corrected chi connectivity index (χ1v) is 8.54. The van der Waals surface area contributed by atoms with Crippen molar-refractivity contribution in [3.8, 4) is 0 Å². The normalized spacial score (nSPS) is 16.9. The van der Waals surface area contributed by atoms with Crippen LogP contribution in [0.5, 0.6) is 0 Å². The highest BCUT2D eigenvalue weighted by atomic mass is 32.2. The number of nitrogens with zero attached hydrogens (tertiary/aromatic N) is 5. The zero-order valence-corrected chi connectivity index (χ0v) is 13.3. The Hall–Kier alpha value is -0.660. The van der Waals surface area contributed by atoms with Crippen molar-refractivity contribution in [2.75, 3.05) is 38.6 Å². The molecular formula is C13H25N5OS. The van der Waals surface area contributed by atoms with Crippen LogP contribution in [-0.2, 0) is 4.74 Å². The molecule has 6 nitrogen and oxygen atoms in total. The van der Waals surface area contributed by atoms with Gasteiger partial charge in [0.25, 0.3) is 0 Å². The second-order valence-electron chi connectivity index (χ2n) is 4.98. The maximum absolute atomic E-state index is 5.39. The third-order valence-corrected chi connectivity index (χ3v) is 4.76. The summed E-state index contributed by atoms with van der Waals surface area (Å²) >= 11 is 1.77. The Morgan fingerprint density at radius 2 is 2.05 bits per heavy atom. The Morgan fingerprint density at radius 3 is 2.75 bits per heavy atom. The highest BCUT2D eigenvalue weighted by Crippen LogP contribution is 2.25. The molecule has 0 unspecified atom stereocenters. The van der Waals surface area contributed by atoms with Gasteiger partial charge >= 0.3 is 0 Å². The average Bonchev–Trinajstić information content (AvgIpc) is 2.97. The summed E-state index contributed by atoms with van der Waals surface area (Å²) in [7, 11) is 0. The second kappa shape index (κ2) is 8.59. The predicted molar refractivity (Wildman–Crippen MR) is 80.0 cm³/mol. The molecule has 0 amide bonds. The van der Waals surface area contributed by atoms with E-state index in [9.17, 15) is 0 Å². The molecule has 2 heterocycles. The molecule has 1 aliphatic heterocycles. The van der Waals surface area contributed by atoms with Crippen LogP contribution >= 0.6 is 11.8 Å². The molecule has 0 aromatic carbocycles. The molecule has 0 bridgehead atoms. The fraction of sp³-hybridized carbons (Fsp3) is 0.923. The summed E-state index contributed by atoms with van der Waals surface area (Å²) in [6.45, 7) is 9.46. The van der Waals surface area contributed by atoms with Gasteiger partial charge in [-0.25, -0.2) is 4.68 Å². The standard InChI is InChI=1S/C13H25N5OS/c1-3-17(4-2)8-5-11-20-13-14-15-16-18(13)12-6-9-19-10-7-12/h12H,3-11H2,1-2H3. The van der Waals surface area contributed by atoms with Crippen LogP contribution in [0.15, 0.2) is 5.16 Å². The van der Waals surface area contributed by atoms with E-state index in [0.717, 1.165) is 56.6 Å². The molecule has 0 radical (unpaired) electrons. The number of hydrogen-bond donors (Lipinski definition) is 0. The van der Waals surface area contributed by atoms with Crippen LogP contribution in [0.4, 0.5) is 0 Å². The van der Waals surface area contributed by atoms with Gasteiger partial charge in [0.15, 0.2) is 0 Å². The topological polar surface area (TPSA) is 56.1 Å². The zero-order valence-electron chi connectivity index (χ0n) is 12.5. The summed E-state index contributed by atoms with van der Waals surface area (Å²) in [5, 5.41) is 13.1. The molecule has 1 aromatic rings. The van der Waals surface area contributed by atoms with Gasteiger partial charge in [-0.15, -0.1) is 5.10 Å². The maximum Gasteiger partial charge on any atom is 0.209 e. The maximum atomic E-state index is 5.39. The van der Waals surface area contributed by atoms with E-state index in [1.54, 1.807) is 11.8 Å². The Balaban J connectivity index is 1.77. The van der Waals surface area contributed by atoms with Crippen molar-refractivity contribution < 1.29 is 4.74 Å². The van der Waals surface area contributed by atoms with E-state index < -0.39 is 0 Å². The summed E-state index contributed by atoms with van der Waals surface area (Å²) in [6, 6.07) is 0.407. The van der Waals surface area contributed by atoms with E-state index in [4.69, 9.17) is 4.74 Å². The number of ether oxygens (including phenoxy) is 1. The highest BCUT2D eigenvalue weighted by molar-refractivity contribution is 7.99. The summed E-state index contributed by atoms with van der Waals surface area (Å²) in [5.74, 6) is 1.07. The van der Waals surface area contributed by atoms with Gasteiger partial charge in [0.1, 0.15) is 0 Å². The van der Waals surface area contributed by atoms with E-state index in [1.807, 2.05) is 4.68 Å². The largest absolute Gasteiger partial charge is 0.381 e. The summed E-state index contributed by atoms with van der Waals surface area (Å²) in [4.78, 5) is 2.45. The molecule has 1 fully saturated rings. The number of rotatable bonds is 8. The molecule has 1 aromatic heterocycles. The smallest absolute Gasteiger partial charge is 0.209 e. The Labute approximate surface area is 125 Å². The van der Waals surface area contributed by atoms with Crippen molar-refractivity contribution >= 4 is 11.8 Å². The van der Waals surface area contributed by atoms with E-state index in [1.165, 1.54) is 6.42 Å². The van der Waals surface area contributed by atoms with Gasteiger partial charge in [-0.2, -0.15) is 0 Å². The van der Waals surface area contributed by atoms with Crippen LogP contribution in [-0.4, -0.2) is 63.7 Å². The fourth-order valence-electron chi connectivity index (χ4n) is 2.43. The van der Waals surface area contributed by atoms with Gasteiger partial charge in [0, 0.05) is 19.0 Å². The lowest BCUT2D eigenvalue weighted by Gasteiger charge is -2.22. The molecule has 0 atom stereocenters. The molecule has 20 heavy (non-hydrogen) atoms.